The smallest absolute Gasteiger partial charge is 0.266 e. The first-order chi connectivity index (χ1) is 9.66. The van der Waals surface area contributed by atoms with Crippen LogP contribution in [0.1, 0.15) is 23.2 Å². The number of fused-ring (bicyclic) bond motifs is 1. The minimum absolute atomic E-state index is 0.0340. The molecular weight excluding hydrogens is 260 g/mol. The fraction of sp³-hybridized carbons (Fsp3) is 0.462. The number of ether oxygens (including phenoxy) is 1. The molecule has 1 aliphatic heterocycles. The van der Waals surface area contributed by atoms with Gasteiger partial charge in [-0.15, -0.1) is 0 Å². The van der Waals surface area contributed by atoms with Crippen LogP contribution in [-0.4, -0.2) is 33.3 Å². The first kappa shape index (κ1) is 12.9. The molecule has 2 aromatic heterocycles. The van der Waals surface area contributed by atoms with E-state index in [4.69, 9.17) is 10.5 Å². The van der Waals surface area contributed by atoms with Crippen LogP contribution in [-0.2, 0) is 11.3 Å². The number of nitrogens with zero attached hydrogens (tertiary/aromatic N) is 3. The summed E-state index contributed by atoms with van der Waals surface area (Å²) in [5.74, 6) is -0.364. The normalized spacial score (nSPS) is 16.6. The Bertz CT molecular complexity index is 697. The first-order valence-corrected chi connectivity index (χ1v) is 6.61. The van der Waals surface area contributed by atoms with Gasteiger partial charge in [-0.2, -0.15) is 5.10 Å². The molecule has 0 atom stereocenters. The van der Waals surface area contributed by atoms with Crippen molar-refractivity contribution < 1.29 is 9.53 Å². The van der Waals surface area contributed by atoms with Gasteiger partial charge >= 0.3 is 0 Å². The van der Waals surface area contributed by atoms with Gasteiger partial charge in [0.15, 0.2) is 0 Å². The predicted octanol–water partition coefficient (Wildman–Crippen LogP) is 0.0215. The minimum Gasteiger partial charge on any atom is -0.381 e. The Hall–Kier alpha value is -2.15. The standard InChI is InChI=1S/C13H16N4O3/c14-12(18)10-8-17-11(1-4-15-17)16(13(10)19)7-9-2-5-20-6-3-9/h1,4,8-9H,2-3,5-7H2,(H2,14,18). The second-order valence-corrected chi connectivity index (χ2v) is 5.01. The molecule has 106 valence electrons. The van der Waals surface area contributed by atoms with Crippen molar-refractivity contribution in [3.8, 4) is 0 Å². The maximum atomic E-state index is 12.4. The van der Waals surface area contributed by atoms with E-state index in [-0.39, 0.29) is 11.1 Å². The molecule has 0 unspecified atom stereocenters. The van der Waals surface area contributed by atoms with E-state index in [9.17, 15) is 9.59 Å². The molecule has 1 aliphatic rings. The second kappa shape index (κ2) is 5.09. The Morgan fingerprint density at radius 3 is 2.90 bits per heavy atom. The number of nitrogens with two attached hydrogens (primary N) is 1. The molecule has 7 nitrogen and oxygen atoms in total. The molecular formula is C13H16N4O3. The number of hydrogen-bond donors (Lipinski definition) is 1. The molecule has 0 radical (unpaired) electrons. The summed E-state index contributed by atoms with van der Waals surface area (Å²) in [6, 6.07) is 1.76. The molecule has 3 heterocycles. The molecule has 1 fully saturated rings. The lowest BCUT2D eigenvalue weighted by molar-refractivity contribution is 0.0612. The minimum atomic E-state index is -0.729. The Kier molecular flexibility index (Phi) is 3.27. The second-order valence-electron chi connectivity index (χ2n) is 5.01. The third-order valence-corrected chi connectivity index (χ3v) is 3.70. The van der Waals surface area contributed by atoms with Crippen molar-refractivity contribution in [2.24, 2.45) is 11.7 Å². The molecule has 3 rings (SSSR count). The Morgan fingerprint density at radius 2 is 2.20 bits per heavy atom. The third kappa shape index (κ3) is 2.20. The van der Waals surface area contributed by atoms with E-state index in [2.05, 4.69) is 5.10 Å². The van der Waals surface area contributed by atoms with Crippen molar-refractivity contribution in [1.82, 2.24) is 14.2 Å². The summed E-state index contributed by atoms with van der Waals surface area (Å²) in [5, 5.41) is 4.08. The van der Waals surface area contributed by atoms with Crippen molar-refractivity contribution in [3.63, 3.8) is 0 Å². The van der Waals surface area contributed by atoms with E-state index < -0.39 is 5.91 Å². The van der Waals surface area contributed by atoms with Gasteiger partial charge in [0, 0.05) is 32.0 Å². The van der Waals surface area contributed by atoms with Crippen LogP contribution in [0.4, 0.5) is 0 Å². The molecule has 0 spiro atoms. The quantitative estimate of drug-likeness (QED) is 0.855. The van der Waals surface area contributed by atoms with Gasteiger partial charge in [0.25, 0.3) is 11.5 Å². The molecule has 20 heavy (non-hydrogen) atoms. The average Bonchev–Trinajstić information content (AvgIpc) is 2.90. The number of amides is 1. The van der Waals surface area contributed by atoms with Crippen LogP contribution in [0.5, 0.6) is 0 Å². The van der Waals surface area contributed by atoms with Crippen LogP contribution in [0, 0.1) is 5.92 Å². The Morgan fingerprint density at radius 1 is 1.45 bits per heavy atom. The van der Waals surface area contributed by atoms with Crippen LogP contribution in [0.3, 0.4) is 0 Å². The van der Waals surface area contributed by atoms with E-state index >= 15 is 0 Å². The van der Waals surface area contributed by atoms with Gasteiger partial charge in [-0.25, -0.2) is 4.52 Å². The fourth-order valence-corrected chi connectivity index (χ4v) is 2.58. The van der Waals surface area contributed by atoms with Crippen molar-refractivity contribution >= 4 is 11.6 Å². The van der Waals surface area contributed by atoms with Gasteiger partial charge in [0.2, 0.25) is 0 Å². The highest BCUT2D eigenvalue weighted by Crippen LogP contribution is 2.17. The molecule has 2 N–H and O–H groups in total. The number of rotatable bonds is 3. The summed E-state index contributed by atoms with van der Waals surface area (Å²) in [4.78, 5) is 23.8. The van der Waals surface area contributed by atoms with E-state index in [1.807, 2.05) is 0 Å². The lowest BCUT2D eigenvalue weighted by Gasteiger charge is -2.23. The van der Waals surface area contributed by atoms with Crippen molar-refractivity contribution in [1.29, 1.82) is 0 Å². The lowest BCUT2D eigenvalue weighted by Crippen LogP contribution is -2.34. The first-order valence-electron chi connectivity index (χ1n) is 6.61. The SMILES string of the molecule is NC(=O)c1cn2nccc2n(CC2CCOCC2)c1=O. The van der Waals surface area contributed by atoms with Gasteiger partial charge < -0.3 is 10.5 Å². The lowest BCUT2D eigenvalue weighted by atomic mass is 10.0. The predicted molar refractivity (Wildman–Crippen MR) is 71.5 cm³/mol. The van der Waals surface area contributed by atoms with E-state index in [1.54, 1.807) is 16.8 Å². The highest BCUT2D eigenvalue weighted by atomic mass is 16.5. The maximum Gasteiger partial charge on any atom is 0.266 e. The van der Waals surface area contributed by atoms with Gasteiger partial charge in [-0.3, -0.25) is 14.2 Å². The highest BCUT2D eigenvalue weighted by Gasteiger charge is 2.19. The van der Waals surface area contributed by atoms with Crippen LogP contribution in [0.25, 0.3) is 5.65 Å². The van der Waals surface area contributed by atoms with Gasteiger partial charge in [-0.1, -0.05) is 0 Å². The summed E-state index contributed by atoms with van der Waals surface area (Å²) in [7, 11) is 0. The molecule has 7 heteroatoms. The molecule has 0 bridgehead atoms. The zero-order valence-corrected chi connectivity index (χ0v) is 11.0. The number of carbonyl (C=O) groups excluding carboxylic acids is 1. The Labute approximate surface area is 114 Å². The third-order valence-electron chi connectivity index (χ3n) is 3.70. The van der Waals surface area contributed by atoms with Crippen LogP contribution >= 0.6 is 0 Å². The summed E-state index contributed by atoms with van der Waals surface area (Å²) < 4.78 is 8.42. The summed E-state index contributed by atoms with van der Waals surface area (Å²) in [5.41, 5.74) is 5.55. The topological polar surface area (TPSA) is 91.6 Å². The molecule has 0 saturated carbocycles. The van der Waals surface area contributed by atoms with E-state index in [0.717, 1.165) is 12.8 Å². The van der Waals surface area contributed by atoms with Crippen LogP contribution in [0.2, 0.25) is 0 Å². The Balaban J connectivity index is 2.07. The average molecular weight is 276 g/mol. The van der Waals surface area contributed by atoms with Crippen LogP contribution < -0.4 is 11.3 Å². The number of primary amides is 1. The maximum absolute atomic E-state index is 12.4. The monoisotopic (exact) mass is 276 g/mol. The zero-order chi connectivity index (χ0) is 14.1. The summed E-state index contributed by atoms with van der Waals surface area (Å²) in [6.07, 6.45) is 4.81. The van der Waals surface area contributed by atoms with Gasteiger partial charge in [0.1, 0.15) is 11.2 Å². The van der Waals surface area contributed by atoms with Crippen molar-refractivity contribution in [3.05, 3.63) is 34.4 Å². The fourth-order valence-electron chi connectivity index (χ4n) is 2.58. The zero-order valence-electron chi connectivity index (χ0n) is 11.0. The number of carbonyl (C=O) groups is 1. The van der Waals surface area contributed by atoms with Gasteiger partial charge in [0.05, 0.1) is 6.20 Å². The summed E-state index contributed by atoms with van der Waals surface area (Å²) >= 11 is 0. The highest BCUT2D eigenvalue weighted by molar-refractivity contribution is 5.92. The molecule has 1 saturated heterocycles. The van der Waals surface area contributed by atoms with Crippen LogP contribution in [0.15, 0.2) is 23.3 Å². The molecule has 2 aromatic rings. The van der Waals surface area contributed by atoms with E-state index in [1.165, 1.54) is 10.7 Å². The summed E-state index contributed by atoms with van der Waals surface area (Å²) in [6.45, 7) is 1.98. The molecule has 0 aromatic carbocycles. The molecule has 0 aliphatic carbocycles. The van der Waals surface area contributed by atoms with Crippen molar-refractivity contribution in [2.45, 2.75) is 19.4 Å². The number of hydrogen-bond acceptors (Lipinski definition) is 4. The number of aromatic nitrogens is 3. The molecule has 1 amide bonds. The van der Waals surface area contributed by atoms with E-state index in [0.29, 0.717) is 31.3 Å². The largest absolute Gasteiger partial charge is 0.381 e. The van der Waals surface area contributed by atoms with Gasteiger partial charge in [-0.05, 0) is 18.8 Å². The van der Waals surface area contributed by atoms with Crippen molar-refractivity contribution in [2.75, 3.05) is 13.2 Å².